The first-order valence-electron chi connectivity index (χ1n) is 4.49. The maximum absolute atomic E-state index is 12.3. The van der Waals surface area contributed by atoms with Gasteiger partial charge in [-0.2, -0.15) is 0 Å². The zero-order chi connectivity index (χ0) is 9.10. The van der Waals surface area contributed by atoms with Gasteiger partial charge in [-0.1, -0.05) is 18.2 Å². The molecule has 2 nitrogen and oxygen atoms in total. The number of hydrogen-bond donors (Lipinski definition) is 1. The third-order valence-corrected chi connectivity index (χ3v) is 2.34. The van der Waals surface area contributed by atoms with Crippen LogP contribution in [0.5, 0.6) is 0 Å². The van der Waals surface area contributed by atoms with E-state index in [-0.39, 0.29) is 6.10 Å². The highest BCUT2D eigenvalue weighted by atomic mass is 19.2. The highest BCUT2D eigenvalue weighted by Gasteiger charge is 2.19. The van der Waals surface area contributed by atoms with Crippen LogP contribution in [0.25, 0.3) is 0 Å². The fourth-order valence-electron chi connectivity index (χ4n) is 1.69. The molecule has 13 heavy (non-hydrogen) atoms. The zero-order valence-electron chi connectivity index (χ0n) is 7.29. The van der Waals surface area contributed by atoms with E-state index in [2.05, 4.69) is 0 Å². The van der Waals surface area contributed by atoms with Crippen LogP contribution in [-0.4, -0.2) is 6.61 Å². The van der Waals surface area contributed by atoms with Gasteiger partial charge < -0.3 is 4.74 Å². The van der Waals surface area contributed by atoms with E-state index in [0.717, 1.165) is 25.0 Å². The molecular formula is C10H12FNO. The van der Waals surface area contributed by atoms with Crippen molar-refractivity contribution < 1.29 is 9.22 Å². The number of ether oxygens (including phenoxy) is 1. The van der Waals surface area contributed by atoms with Gasteiger partial charge in [-0.15, -0.1) is 4.48 Å². The lowest BCUT2D eigenvalue weighted by molar-refractivity contribution is 0.112. The van der Waals surface area contributed by atoms with Gasteiger partial charge in [-0.3, -0.25) is 0 Å². The molecule has 1 atom stereocenters. The summed E-state index contributed by atoms with van der Waals surface area (Å²) in [6.45, 7) is 0.783. The lowest BCUT2D eigenvalue weighted by Gasteiger charge is -2.12. The summed E-state index contributed by atoms with van der Waals surface area (Å²) in [5.41, 5.74) is 3.13. The third kappa shape index (κ3) is 1.65. The Balaban J connectivity index is 2.26. The minimum absolute atomic E-state index is 0.0689. The Bertz CT molecular complexity index is 284. The van der Waals surface area contributed by atoms with Crippen LogP contribution in [0.1, 0.15) is 24.5 Å². The van der Waals surface area contributed by atoms with Gasteiger partial charge >= 0.3 is 0 Å². The van der Waals surface area contributed by atoms with Crippen LogP contribution in [0.15, 0.2) is 24.3 Å². The van der Waals surface area contributed by atoms with Gasteiger partial charge in [0.05, 0.1) is 11.8 Å². The van der Waals surface area contributed by atoms with Crippen molar-refractivity contribution in [2.45, 2.75) is 18.9 Å². The molecular weight excluding hydrogens is 169 g/mol. The Morgan fingerprint density at radius 3 is 2.92 bits per heavy atom. The number of nitrogens with one attached hydrogen (secondary N) is 1. The second kappa shape index (κ2) is 3.75. The van der Waals surface area contributed by atoms with E-state index < -0.39 is 0 Å². The number of halogens is 1. The van der Waals surface area contributed by atoms with Crippen molar-refractivity contribution in [3.05, 3.63) is 29.8 Å². The molecule has 1 aliphatic heterocycles. The van der Waals surface area contributed by atoms with E-state index in [1.165, 1.54) is 0 Å². The van der Waals surface area contributed by atoms with Gasteiger partial charge in [0.25, 0.3) is 0 Å². The number of para-hydroxylation sites is 1. The Labute approximate surface area is 76.6 Å². The molecule has 1 fully saturated rings. The van der Waals surface area contributed by atoms with Gasteiger partial charge in [0, 0.05) is 12.2 Å². The van der Waals surface area contributed by atoms with E-state index in [0.29, 0.717) is 5.69 Å². The molecule has 1 unspecified atom stereocenters. The third-order valence-electron chi connectivity index (χ3n) is 2.34. The fourth-order valence-corrected chi connectivity index (χ4v) is 1.69. The predicted molar refractivity (Wildman–Crippen MR) is 49.1 cm³/mol. The van der Waals surface area contributed by atoms with E-state index in [1.54, 1.807) is 17.7 Å². The molecule has 0 saturated carbocycles. The highest BCUT2D eigenvalue weighted by molar-refractivity contribution is 5.50. The Hall–Kier alpha value is -1.09. The van der Waals surface area contributed by atoms with E-state index in [4.69, 9.17) is 4.74 Å². The monoisotopic (exact) mass is 181 g/mol. The molecule has 1 N–H and O–H groups in total. The number of hydrogen-bond acceptors (Lipinski definition) is 2. The SMILES string of the molecule is FNc1ccccc1C1CCCO1. The maximum atomic E-state index is 12.3. The fraction of sp³-hybridized carbons (Fsp3) is 0.400. The van der Waals surface area contributed by atoms with Gasteiger partial charge in [-0.25, -0.2) is 5.54 Å². The smallest absolute Gasteiger partial charge is 0.0846 e. The molecule has 0 amide bonds. The molecule has 1 saturated heterocycles. The van der Waals surface area contributed by atoms with Crippen LogP contribution in [-0.2, 0) is 4.74 Å². The molecule has 0 radical (unpaired) electrons. The van der Waals surface area contributed by atoms with Gasteiger partial charge in [0.1, 0.15) is 0 Å². The van der Waals surface area contributed by atoms with Crippen LogP contribution >= 0.6 is 0 Å². The van der Waals surface area contributed by atoms with Crippen molar-refractivity contribution in [1.82, 2.24) is 0 Å². The molecule has 70 valence electrons. The second-order valence-corrected chi connectivity index (χ2v) is 3.18. The Morgan fingerprint density at radius 1 is 1.38 bits per heavy atom. The van der Waals surface area contributed by atoms with Crippen LogP contribution < -0.4 is 5.54 Å². The van der Waals surface area contributed by atoms with Crippen molar-refractivity contribution >= 4 is 5.69 Å². The van der Waals surface area contributed by atoms with Gasteiger partial charge in [0.15, 0.2) is 0 Å². The van der Waals surface area contributed by atoms with E-state index >= 15 is 0 Å². The Morgan fingerprint density at radius 2 is 2.23 bits per heavy atom. The molecule has 1 heterocycles. The van der Waals surface area contributed by atoms with Crippen molar-refractivity contribution in [3.63, 3.8) is 0 Å². The zero-order valence-corrected chi connectivity index (χ0v) is 7.29. The molecule has 1 aromatic carbocycles. The number of rotatable bonds is 2. The molecule has 1 aromatic rings. The average Bonchev–Trinajstić information content (AvgIpc) is 2.70. The van der Waals surface area contributed by atoms with Crippen LogP contribution in [0.4, 0.5) is 10.2 Å². The largest absolute Gasteiger partial charge is 0.373 e. The summed E-state index contributed by atoms with van der Waals surface area (Å²) >= 11 is 0. The first-order chi connectivity index (χ1) is 6.42. The van der Waals surface area contributed by atoms with E-state index in [9.17, 15) is 4.48 Å². The van der Waals surface area contributed by atoms with Crippen molar-refractivity contribution in [3.8, 4) is 0 Å². The summed E-state index contributed by atoms with van der Waals surface area (Å²) < 4.78 is 17.8. The lowest BCUT2D eigenvalue weighted by Crippen LogP contribution is -1.99. The van der Waals surface area contributed by atoms with Crippen molar-refractivity contribution in [1.29, 1.82) is 0 Å². The summed E-state index contributed by atoms with van der Waals surface area (Å²) in [5, 5.41) is 0. The lowest BCUT2D eigenvalue weighted by atomic mass is 10.1. The van der Waals surface area contributed by atoms with Crippen LogP contribution in [0.3, 0.4) is 0 Å². The minimum atomic E-state index is 0.0689. The maximum Gasteiger partial charge on any atom is 0.0846 e. The molecule has 0 bridgehead atoms. The summed E-state index contributed by atoms with van der Waals surface area (Å²) in [7, 11) is 0. The molecule has 1 aliphatic rings. The van der Waals surface area contributed by atoms with Crippen LogP contribution in [0, 0.1) is 0 Å². The summed E-state index contributed by atoms with van der Waals surface area (Å²) in [5.74, 6) is 0. The summed E-state index contributed by atoms with van der Waals surface area (Å²) in [6.07, 6.45) is 2.11. The summed E-state index contributed by atoms with van der Waals surface area (Å²) in [4.78, 5) is 0. The number of benzene rings is 1. The standard InChI is InChI=1S/C10H12FNO/c11-12-9-5-2-1-4-8(9)10-6-3-7-13-10/h1-2,4-5,10,12H,3,6-7H2. The number of anilines is 1. The topological polar surface area (TPSA) is 21.3 Å². The first kappa shape index (κ1) is 8.51. The van der Waals surface area contributed by atoms with Crippen molar-refractivity contribution in [2.75, 3.05) is 12.1 Å². The average molecular weight is 181 g/mol. The minimum Gasteiger partial charge on any atom is -0.373 e. The first-order valence-corrected chi connectivity index (χ1v) is 4.49. The van der Waals surface area contributed by atoms with Gasteiger partial charge in [-0.05, 0) is 18.9 Å². The highest BCUT2D eigenvalue weighted by Crippen LogP contribution is 2.33. The molecule has 0 aromatic heterocycles. The molecule has 2 rings (SSSR count). The summed E-state index contributed by atoms with van der Waals surface area (Å²) in [6, 6.07) is 7.33. The molecule has 0 spiro atoms. The van der Waals surface area contributed by atoms with Crippen molar-refractivity contribution in [2.24, 2.45) is 0 Å². The van der Waals surface area contributed by atoms with Crippen LogP contribution in [0.2, 0.25) is 0 Å². The quantitative estimate of drug-likeness (QED) is 0.708. The van der Waals surface area contributed by atoms with E-state index in [1.807, 2.05) is 12.1 Å². The molecule has 3 heteroatoms. The van der Waals surface area contributed by atoms with Gasteiger partial charge in [0.2, 0.25) is 0 Å². The predicted octanol–water partition coefficient (Wildman–Crippen LogP) is 2.83. The normalized spacial score (nSPS) is 21.8. The Kier molecular flexibility index (Phi) is 2.45. The second-order valence-electron chi connectivity index (χ2n) is 3.18. The molecule has 0 aliphatic carbocycles.